The molecule has 7 heteroatoms. The predicted molar refractivity (Wildman–Crippen MR) is 133 cm³/mol. The summed E-state index contributed by atoms with van der Waals surface area (Å²) >= 11 is 0. The van der Waals surface area contributed by atoms with E-state index in [1.165, 1.54) is 0 Å². The fraction of sp³-hybridized carbons (Fsp3) is 0.393. The van der Waals surface area contributed by atoms with E-state index in [0.717, 1.165) is 22.3 Å². The van der Waals surface area contributed by atoms with Crippen molar-refractivity contribution in [2.45, 2.75) is 44.6 Å². The number of hydrogen-bond donors (Lipinski definition) is 2. The number of alkyl carbamates (subject to hydrolysis) is 1. The number of nitrogens with one attached hydrogen (secondary N) is 1. The van der Waals surface area contributed by atoms with Gasteiger partial charge in [0, 0.05) is 19.0 Å². The molecule has 2 N–H and O–H groups in total. The molecule has 1 heterocycles. The topological polar surface area (TPSA) is 95.9 Å². The molecule has 2 aromatic rings. The van der Waals surface area contributed by atoms with Crippen LogP contribution in [0.4, 0.5) is 4.79 Å². The number of fused-ring (bicyclic) bond motifs is 3. The number of aliphatic carboxylic acids is 1. The van der Waals surface area contributed by atoms with Gasteiger partial charge in [0.15, 0.2) is 0 Å². The predicted octanol–water partition coefficient (Wildman–Crippen LogP) is 4.57. The molecule has 2 unspecified atom stereocenters. The van der Waals surface area contributed by atoms with Crippen LogP contribution in [0.5, 0.6) is 0 Å². The SMILES string of the molecule is C=CCC(NC(=O)OCC1c2ccccc2-c2ccccc21)C(=O)N1CCCC(CC)(C(=O)O)C1. The fourth-order valence-corrected chi connectivity index (χ4v) is 5.33. The first-order valence-electron chi connectivity index (χ1n) is 12.1. The Hall–Kier alpha value is -3.61. The van der Waals surface area contributed by atoms with Crippen molar-refractivity contribution in [1.82, 2.24) is 10.2 Å². The van der Waals surface area contributed by atoms with Crippen molar-refractivity contribution in [1.29, 1.82) is 0 Å². The molecule has 4 rings (SSSR count). The molecule has 1 aliphatic carbocycles. The van der Waals surface area contributed by atoms with Gasteiger partial charge in [-0.05, 0) is 47.9 Å². The molecule has 0 radical (unpaired) electrons. The van der Waals surface area contributed by atoms with E-state index in [0.29, 0.717) is 25.8 Å². The highest BCUT2D eigenvalue weighted by molar-refractivity contribution is 5.87. The van der Waals surface area contributed by atoms with E-state index in [4.69, 9.17) is 4.74 Å². The van der Waals surface area contributed by atoms with Crippen LogP contribution in [0.3, 0.4) is 0 Å². The van der Waals surface area contributed by atoms with E-state index in [9.17, 15) is 19.5 Å². The number of nitrogens with zero attached hydrogens (tertiary/aromatic N) is 1. The zero-order valence-electron chi connectivity index (χ0n) is 20.0. The number of benzene rings is 2. The first kappa shape index (κ1) is 24.5. The van der Waals surface area contributed by atoms with Crippen molar-refractivity contribution in [3.8, 4) is 11.1 Å². The van der Waals surface area contributed by atoms with Gasteiger partial charge in [-0.2, -0.15) is 0 Å². The molecule has 35 heavy (non-hydrogen) atoms. The lowest BCUT2D eigenvalue weighted by Gasteiger charge is -2.40. The van der Waals surface area contributed by atoms with Gasteiger partial charge in [0.25, 0.3) is 0 Å². The summed E-state index contributed by atoms with van der Waals surface area (Å²) in [6, 6.07) is 15.3. The molecular weight excluding hydrogens is 444 g/mol. The van der Waals surface area contributed by atoms with Crippen LogP contribution in [-0.2, 0) is 14.3 Å². The number of carbonyl (C=O) groups excluding carboxylic acids is 2. The lowest BCUT2D eigenvalue weighted by Crippen LogP contribution is -2.55. The number of rotatable bonds is 8. The highest BCUT2D eigenvalue weighted by atomic mass is 16.5. The fourth-order valence-electron chi connectivity index (χ4n) is 5.33. The Bertz CT molecular complexity index is 1080. The van der Waals surface area contributed by atoms with E-state index in [1.54, 1.807) is 11.0 Å². The Kier molecular flexibility index (Phi) is 7.24. The summed E-state index contributed by atoms with van der Waals surface area (Å²) in [5.74, 6) is -1.27. The summed E-state index contributed by atoms with van der Waals surface area (Å²) in [5.41, 5.74) is 3.55. The summed E-state index contributed by atoms with van der Waals surface area (Å²) in [4.78, 5) is 39.5. The van der Waals surface area contributed by atoms with Crippen molar-refractivity contribution >= 4 is 18.0 Å². The maximum absolute atomic E-state index is 13.3. The molecule has 2 atom stereocenters. The van der Waals surface area contributed by atoms with Crippen LogP contribution in [0, 0.1) is 5.41 Å². The van der Waals surface area contributed by atoms with Crippen LogP contribution in [0.15, 0.2) is 61.2 Å². The monoisotopic (exact) mass is 476 g/mol. The standard InChI is InChI=1S/C28H32N2O5/c1-3-10-24(25(31)30-16-9-15-28(4-2,18-30)26(32)33)29-27(34)35-17-23-21-13-7-5-11-19(21)20-12-6-8-14-22(20)23/h3,5-8,11-14,23-24H,1,4,9-10,15-18H2,2H3,(H,29,34)(H,32,33). The van der Waals surface area contributed by atoms with Crippen LogP contribution < -0.4 is 5.32 Å². The summed E-state index contributed by atoms with van der Waals surface area (Å²) < 4.78 is 5.61. The molecule has 184 valence electrons. The van der Waals surface area contributed by atoms with Gasteiger partial charge >= 0.3 is 12.1 Å². The van der Waals surface area contributed by atoms with Crippen LogP contribution in [0.25, 0.3) is 11.1 Å². The van der Waals surface area contributed by atoms with Gasteiger partial charge in [-0.1, -0.05) is 61.5 Å². The van der Waals surface area contributed by atoms with Crippen molar-refractivity contribution in [2.24, 2.45) is 5.41 Å². The minimum atomic E-state index is -0.948. The molecule has 0 bridgehead atoms. The number of amides is 2. The van der Waals surface area contributed by atoms with E-state index in [2.05, 4.69) is 24.0 Å². The smallest absolute Gasteiger partial charge is 0.407 e. The molecule has 7 nitrogen and oxygen atoms in total. The number of carboxylic acids is 1. The van der Waals surface area contributed by atoms with E-state index in [-0.39, 0.29) is 31.4 Å². The minimum absolute atomic E-state index is 0.0791. The highest BCUT2D eigenvalue weighted by Crippen LogP contribution is 2.44. The van der Waals surface area contributed by atoms with E-state index < -0.39 is 23.5 Å². The molecular formula is C28H32N2O5. The normalized spacial score (nSPS) is 19.9. The third-order valence-electron chi connectivity index (χ3n) is 7.36. The van der Waals surface area contributed by atoms with Crippen molar-refractivity contribution in [2.75, 3.05) is 19.7 Å². The van der Waals surface area contributed by atoms with Gasteiger partial charge in [0.05, 0.1) is 5.41 Å². The van der Waals surface area contributed by atoms with Crippen molar-refractivity contribution < 1.29 is 24.2 Å². The van der Waals surface area contributed by atoms with Gasteiger partial charge in [0.1, 0.15) is 12.6 Å². The Morgan fingerprint density at radius 2 is 1.80 bits per heavy atom. The summed E-state index contributed by atoms with van der Waals surface area (Å²) in [6.07, 6.45) is 2.71. The van der Waals surface area contributed by atoms with E-state index in [1.807, 2.05) is 43.3 Å². The maximum Gasteiger partial charge on any atom is 0.407 e. The van der Waals surface area contributed by atoms with Crippen molar-refractivity contribution in [3.05, 3.63) is 72.3 Å². The molecule has 0 saturated carbocycles. The van der Waals surface area contributed by atoms with Gasteiger partial charge < -0.3 is 20.1 Å². The summed E-state index contributed by atoms with van der Waals surface area (Å²) in [7, 11) is 0. The Labute approximate surface area is 205 Å². The quantitative estimate of drug-likeness (QED) is 0.544. The van der Waals surface area contributed by atoms with Crippen molar-refractivity contribution in [3.63, 3.8) is 0 Å². The van der Waals surface area contributed by atoms with Crippen LogP contribution in [0.1, 0.15) is 49.7 Å². The van der Waals surface area contributed by atoms with Crippen LogP contribution >= 0.6 is 0 Å². The largest absolute Gasteiger partial charge is 0.481 e. The first-order valence-corrected chi connectivity index (χ1v) is 12.1. The van der Waals surface area contributed by atoms with E-state index >= 15 is 0 Å². The molecule has 2 aliphatic rings. The summed E-state index contributed by atoms with van der Waals surface area (Å²) in [5, 5.41) is 12.4. The Morgan fingerprint density at radius 3 is 2.37 bits per heavy atom. The molecule has 1 aliphatic heterocycles. The lowest BCUT2D eigenvalue weighted by molar-refractivity contribution is -0.155. The Balaban J connectivity index is 1.42. The zero-order valence-corrected chi connectivity index (χ0v) is 20.0. The maximum atomic E-state index is 13.3. The van der Waals surface area contributed by atoms with Gasteiger partial charge in [0.2, 0.25) is 5.91 Å². The third-order valence-corrected chi connectivity index (χ3v) is 7.36. The average Bonchev–Trinajstić information content (AvgIpc) is 3.20. The molecule has 0 aromatic heterocycles. The van der Waals surface area contributed by atoms with Gasteiger partial charge in [-0.25, -0.2) is 4.79 Å². The second kappa shape index (κ2) is 10.3. The molecule has 0 spiro atoms. The number of carbonyl (C=O) groups is 3. The Morgan fingerprint density at radius 1 is 1.17 bits per heavy atom. The van der Waals surface area contributed by atoms with Crippen LogP contribution in [0.2, 0.25) is 0 Å². The van der Waals surface area contributed by atoms with Gasteiger partial charge in [-0.15, -0.1) is 6.58 Å². The number of hydrogen-bond acceptors (Lipinski definition) is 4. The number of ether oxygens (including phenoxy) is 1. The number of piperidine rings is 1. The zero-order chi connectivity index (χ0) is 25.0. The highest BCUT2D eigenvalue weighted by Gasteiger charge is 2.43. The molecule has 1 saturated heterocycles. The van der Waals surface area contributed by atoms with Crippen LogP contribution in [-0.4, -0.2) is 53.7 Å². The number of likely N-dealkylation sites (tertiary alicyclic amines) is 1. The third kappa shape index (κ3) is 4.81. The lowest BCUT2D eigenvalue weighted by atomic mass is 9.77. The average molecular weight is 477 g/mol. The van der Waals surface area contributed by atoms with Gasteiger partial charge in [-0.3, -0.25) is 9.59 Å². The summed E-state index contributed by atoms with van der Waals surface area (Å²) in [6.45, 7) is 6.29. The molecule has 2 amide bonds. The second-order valence-corrected chi connectivity index (χ2v) is 9.35. The number of carboxylic acid groups (broad SMARTS) is 1. The minimum Gasteiger partial charge on any atom is -0.481 e. The molecule has 2 aromatic carbocycles. The second-order valence-electron chi connectivity index (χ2n) is 9.35. The first-order chi connectivity index (χ1) is 16.9. The molecule has 1 fully saturated rings.